The third-order valence-electron chi connectivity index (χ3n) is 2.56. The fourth-order valence-electron chi connectivity index (χ4n) is 1.16. The molecule has 0 unspecified atom stereocenters. The first-order valence-electron chi connectivity index (χ1n) is 5.17. The van der Waals surface area contributed by atoms with Gasteiger partial charge in [0.15, 0.2) is 0 Å². The van der Waals surface area contributed by atoms with Crippen LogP contribution in [0.2, 0.25) is 0 Å². The molecule has 0 N–H and O–H groups in total. The second kappa shape index (κ2) is 5.96. The van der Waals surface area contributed by atoms with Crippen molar-refractivity contribution in [3.8, 4) is 0 Å². The number of hydrogen-bond acceptors (Lipinski definition) is 1. The van der Waals surface area contributed by atoms with Gasteiger partial charge in [-0.05, 0) is 0 Å². The Bertz CT molecular complexity index is 377. The van der Waals surface area contributed by atoms with Gasteiger partial charge in [-0.25, -0.2) is 8.78 Å². The number of alkyl halides is 12. The molecule has 0 amide bonds. The van der Waals surface area contributed by atoms with E-state index in [4.69, 9.17) is 0 Å². The van der Waals surface area contributed by atoms with Crippen LogP contribution in [0.1, 0.15) is 6.42 Å². The normalized spacial score (nSPS) is 15.5. The van der Waals surface area contributed by atoms with Crippen molar-refractivity contribution in [2.24, 2.45) is 0 Å². The fourth-order valence-corrected chi connectivity index (χ4v) is 1.16. The number of rotatable bonds is 8. The van der Waals surface area contributed by atoms with Crippen LogP contribution in [0.5, 0.6) is 0 Å². The van der Waals surface area contributed by atoms with Crippen molar-refractivity contribution < 1.29 is 57.4 Å². The topological polar surface area (TPSA) is 9.23 Å². The molecule has 0 aliphatic rings. The average Bonchev–Trinajstić information content (AvgIpc) is 2.35. The molecule has 0 radical (unpaired) electrons. The van der Waals surface area contributed by atoms with E-state index in [0.717, 1.165) is 0 Å². The largest absolute Gasteiger partial charge is 0.384 e. The molecule has 0 spiro atoms. The number of halogens is 12. The molecule has 22 heavy (non-hydrogen) atoms. The molecule has 0 bridgehead atoms. The van der Waals surface area contributed by atoms with Gasteiger partial charge in [0.1, 0.15) is 0 Å². The zero-order chi connectivity index (χ0) is 18.2. The number of hydrogen-bond donors (Lipinski definition) is 0. The molecule has 0 rings (SSSR count). The van der Waals surface area contributed by atoms with E-state index < -0.39 is 49.1 Å². The van der Waals surface area contributed by atoms with Gasteiger partial charge in [0.05, 0.1) is 6.61 Å². The maximum Gasteiger partial charge on any atom is 0.384 e. The highest BCUT2D eigenvalue weighted by Crippen LogP contribution is 2.58. The highest BCUT2D eigenvalue weighted by molar-refractivity contribution is 5.08. The van der Waals surface area contributed by atoms with Crippen molar-refractivity contribution >= 4 is 0 Å². The monoisotopic (exact) mass is 360 g/mol. The molecule has 0 aliphatic carbocycles. The summed E-state index contributed by atoms with van der Waals surface area (Å²) in [6, 6.07) is 0. The third kappa shape index (κ3) is 2.95. The van der Waals surface area contributed by atoms with E-state index in [0.29, 0.717) is 7.11 Å². The van der Waals surface area contributed by atoms with Gasteiger partial charge in [-0.15, -0.1) is 0 Å². The molecule has 0 aromatic heterocycles. The first-order chi connectivity index (χ1) is 9.50. The van der Waals surface area contributed by atoms with Crippen molar-refractivity contribution in [1.29, 1.82) is 0 Å². The zero-order valence-electron chi connectivity index (χ0n) is 10.4. The van der Waals surface area contributed by atoms with Crippen molar-refractivity contribution in [2.75, 3.05) is 13.7 Å². The van der Waals surface area contributed by atoms with Gasteiger partial charge in [-0.3, -0.25) is 0 Å². The molecule has 0 aromatic carbocycles. The highest BCUT2D eigenvalue weighted by Gasteiger charge is 2.87. The Morgan fingerprint density at radius 1 is 0.727 bits per heavy atom. The van der Waals surface area contributed by atoms with Gasteiger partial charge in [-0.2, -0.15) is 43.9 Å². The zero-order valence-corrected chi connectivity index (χ0v) is 10.4. The molecule has 134 valence electrons. The van der Waals surface area contributed by atoms with Crippen molar-refractivity contribution in [1.82, 2.24) is 0 Å². The van der Waals surface area contributed by atoms with Crippen molar-refractivity contribution in [3.05, 3.63) is 0 Å². The number of ether oxygens (including phenoxy) is 1. The van der Waals surface area contributed by atoms with Crippen LogP contribution in [-0.4, -0.2) is 49.8 Å². The van der Waals surface area contributed by atoms with E-state index in [1.807, 2.05) is 0 Å². The highest BCUT2D eigenvalue weighted by atomic mass is 19.4. The molecule has 0 atom stereocenters. The van der Waals surface area contributed by atoms with Crippen molar-refractivity contribution in [2.45, 2.75) is 42.5 Å². The number of methoxy groups -OCH3 is 1. The standard InChI is InChI=1S/C9H8F12O/c1-22-3-2-5(12,13)7(16,17)9(20,21)8(18,19)6(14,15)4(10)11/h4H,2-3H2,1H3. The molecule has 0 aromatic rings. The fraction of sp³-hybridized carbons (Fsp3) is 1.00. The molecule has 0 saturated heterocycles. The predicted molar refractivity (Wildman–Crippen MR) is 47.2 cm³/mol. The van der Waals surface area contributed by atoms with E-state index >= 15 is 0 Å². The lowest BCUT2D eigenvalue weighted by atomic mass is 9.93. The molecule has 0 heterocycles. The second-order valence-corrected chi connectivity index (χ2v) is 4.09. The first-order valence-corrected chi connectivity index (χ1v) is 5.17. The Labute approximate surface area is 115 Å². The maximum atomic E-state index is 13.0. The van der Waals surface area contributed by atoms with E-state index in [2.05, 4.69) is 4.74 Å². The van der Waals surface area contributed by atoms with Crippen LogP contribution in [0.4, 0.5) is 52.7 Å². The smallest absolute Gasteiger partial charge is 0.384 e. The lowest BCUT2D eigenvalue weighted by Crippen LogP contribution is -2.68. The molecule has 0 aliphatic heterocycles. The van der Waals surface area contributed by atoms with Gasteiger partial charge in [0.2, 0.25) is 0 Å². The van der Waals surface area contributed by atoms with Crippen LogP contribution in [0.25, 0.3) is 0 Å². The van der Waals surface area contributed by atoms with Crippen LogP contribution < -0.4 is 0 Å². The first kappa shape index (κ1) is 21.1. The minimum atomic E-state index is -7.46. The van der Waals surface area contributed by atoms with E-state index in [9.17, 15) is 52.7 Å². The minimum Gasteiger partial charge on any atom is -0.384 e. The summed E-state index contributed by atoms with van der Waals surface area (Å²) in [5.41, 5.74) is 0. The Hall–Kier alpha value is -0.880. The van der Waals surface area contributed by atoms with Crippen LogP contribution in [-0.2, 0) is 4.74 Å². The summed E-state index contributed by atoms with van der Waals surface area (Å²) in [5.74, 6) is -34.8. The van der Waals surface area contributed by atoms with E-state index in [1.165, 1.54) is 0 Å². The summed E-state index contributed by atoms with van der Waals surface area (Å²) in [6.45, 7) is -1.31. The lowest BCUT2D eigenvalue weighted by Gasteiger charge is -2.39. The van der Waals surface area contributed by atoms with Gasteiger partial charge >= 0.3 is 36.0 Å². The molecular weight excluding hydrogens is 352 g/mol. The molecule has 0 saturated carbocycles. The van der Waals surface area contributed by atoms with Crippen molar-refractivity contribution in [3.63, 3.8) is 0 Å². The second-order valence-electron chi connectivity index (χ2n) is 4.09. The van der Waals surface area contributed by atoms with Gasteiger partial charge in [0.25, 0.3) is 0 Å². The Morgan fingerprint density at radius 3 is 1.45 bits per heavy atom. The van der Waals surface area contributed by atoms with E-state index in [1.54, 1.807) is 0 Å². The molecule has 0 fully saturated rings. The molecule has 13 heteroatoms. The maximum absolute atomic E-state index is 13.0. The van der Waals surface area contributed by atoms with E-state index in [-0.39, 0.29) is 0 Å². The van der Waals surface area contributed by atoms with Gasteiger partial charge in [-0.1, -0.05) is 0 Å². The SMILES string of the molecule is COCCC(F)(F)C(F)(F)C(F)(F)C(F)(F)C(F)(F)C(F)F. The summed E-state index contributed by atoms with van der Waals surface area (Å²) in [4.78, 5) is 0. The Morgan fingerprint density at radius 2 is 1.14 bits per heavy atom. The van der Waals surface area contributed by atoms with Crippen LogP contribution >= 0.6 is 0 Å². The summed E-state index contributed by atoms with van der Waals surface area (Å²) in [7, 11) is 0.673. The van der Waals surface area contributed by atoms with Crippen LogP contribution in [0, 0.1) is 0 Å². The summed E-state index contributed by atoms with van der Waals surface area (Å²) in [6.07, 6.45) is -7.72. The van der Waals surface area contributed by atoms with Crippen LogP contribution in [0.15, 0.2) is 0 Å². The molecule has 1 nitrogen and oxygen atoms in total. The minimum absolute atomic E-state index is 0.673. The lowest BCUT2D eigenvalue weighted by molar-refractivity contribution is -0.413. The summed E-state index contributed by atoms with van der Waals surface area (Å²) < 4.78 is 155. The molecular formula is C9H8F12O. The summed E-state index contributed by atoms with van der Waals surface area (Å²) in [5, 5.41) is 0. The Kier molecular flexibility index (Phi) is 5.72. The average molecular weight is 360 g/mol. The van der Waals surface area contributed by atoms with Crippen LogP contribution in [0.3, 0.4) is 0 Å². The summed E-state index contributed by atoms with van der Waals surface area (Å²) >= 11 is 0. The Balaban J connectivity index is 5.88. The quantitative estimate of drug-likeness (QED) is 0.581. The van der Waals surface area contributed by atoms with Gasteiger partial charge < -0.3 is 4.74 Å². The third-order valence-corrected chi connectivity index (χ3v) is 2.56. The van der Waals surface area contributed by atoms with Gasteiger partial charge in [0, 0.05) is 13.5 Å². The predicted octanol–water partition coefficient (Wildman–Crippen LogP) is 4.46.